The van der Waals surface area contributed by atoms with Crippen LogP contribution in [-0.4, -0.2) is 0 Å². The number of aryl methyl sites for hydroxylation is 1. The SMILES string of the molecule is Cc1cc(Br)cc(Nc2ccccc2N)c1. The number of anilines is 3. The van der Waals surface area contributed by atoms with Crippen molar-refractivity contribution in [2.24, 2.45) is 0 Å². The van der Waals surface area contributed by atoms with Crippen LogP contribution in [0.1, 0.15) is 5.56 Å². The minimum Gasteiger partial charge on any atom is -0.397 e. The molecule has 2 nitrogen and oxygen atoms in total. The van der Waals surface area contributed by atoms with Gasteiger partial charge in [-0.05, 0) is 42.8 Å². The third kappa shape index (κ3) is 2.55. The van der Waals surface area contributed by atoms with Gasteiger partial charge in [0.2, 0.25) is 0 Å². The summed E-state index contributed by atoms with van der Waals surface area (Å²) in [7, 11) is 0. The van der Waals surface area contributed by atoms with Gasteiger partial charge in [0.05, 0.1) is 11.4 Å². The number of benzene rings is 2. The molecule has 0 saturated heterocycles. The van der Waals surface area contributed by atoms with Gasteiger partial charge in [0.25, 0.3) is 0 Å². The van der Waals surface area contributed by atoms with Crippen molar-refractivity contribution in [3.8, 4) is 0 Å². The highest BCUT2D eigenvalue weighted by atomic mass is 79.9. The van der Waals surface area contributed by atoms with Gasteiger partial charge in [-0.25, -0.2) is 0 Å². The summed E-state index contributed by atoms with van der Waals surface area (Å²) in [4.78, 5) is 0. The molecule has 0 aliphatic rings. The van der Waals surface area contributed by atoms with E-state index >= 15 is 0 Å². The molecule has 0 atom stereocenters. The molecule has 3 heteroatoms. The van der Waals surface area contributed by atoms with Crippen LogP contribution in [0, 0.1) is 6.92 Å². The van der Waals surface area contributed by atoms with E-state index in [1.807, 2.05) is 30.3 Å². The van der Waals surface area contributed by atoms with E-state index in [0.29, 0.717) is 0 Å². The van der Waals surface area contributed by atoms with E-state index in [0.717, 1.165) is 21.5 Å². The van der Waals surface area contributed by atoms with Crippen molar-refractivity contribution in [1.82, 2.24) is 0 Å². The molecular formula is C13H13BrN2. The molecule has 82 valence electrons. The second-order valence-corrected chi connectivity index (χ2v) is 4.65. The van der Waals surface area contributed by atoms with E-state index in [1.165, 1.54) is 5.56 Å². The fourth-order valence-electron chi connectivity index (χ4n) is 1.57. The number of hydrogen-bond donors (Lipinski definition) is 2. The number of nitrogen functional groups attached to an aromatic ring is 1. The molecule has 3 N–H and O–H groups in total. The number of halogens is 1. The standard InChI is InChI=1S/C13H13BrN2/c1-9-6-10(14)8-11(7-9)16-13-5-3-2-4-12(13)15/h2-8,16H,15H2,1H3. The third-order valence-electron chi connectivity index (χ3n) is 2.28. The van der Waals surface area contributed by atoms with Crippen LogP contribution in [0.2, 0.25) is 0 Å². The molecule has 0 fully saturated rings. The fraction of sp³-hybridized carbons (Fsp3) is 0.0769. The summed E-state index contributed by atoms with van der Waals surface area (Å²) < 4.78 is 1.06. The quantitative estimate of drug-likeness (QED) is 0.811. The van der Waals surface area contributed by atoms with Crippen molar-refractivity contribution in [3.63, 3.8) is 0 Å². The Hall–Kier alpha value is -1.48. The van der Waals surface area contributed by atoms with Crippen molar-refractivity contribution < 1.29 is 0 Å². The van der Waals surface area contributed by atoms with Gasteiger partial charge in [-0.1, -0.05) is 28.1 Å². The Bertz CT molecular complexity index is 489. The summed E-state index contributed by atoms with van der Waals surface area (Å²) in [6.07, 6.45) is 0. The summed E-state index contributed by atoms with van der Waals surface area (Å²) in [6, 6.07) is 13.9. The second-order valence-electron chi connectivity index (χ2n) is 3.73. The topological polar surface area (TPSA) is 38.0 Å². The maximum absolute atomic E-state index is 5.87. The first kappa shape index (κ1) is 11.0. The Morgan fingerprint density at radius 1 is 1.12 bits per heavy atom. The Morgan fingerprint density at radius 2 is 1.88 bits per heavy atom. The van der Waals surface area contributed by atoms with Crippen molar-refractivity contribution >= 4 is 33.0 Å². The van der Waals surface area contributed by atoms with E-state index in [2.05, 4.69) is 40.3 Å². The molecule has 2 aromatic rings. The molecule has 0 aliphatic carbocycles. The number of nitrogens with one attached hydrogen (secondary N) is 1. The lowest BCUT2D eigenvalue weighted by atomic mass is 10.2. The minimum absolute atomic E-state index is 0.750. The zero-order chi connectivity index (χ0) is 11.5. The molecule has 0 bridgehead atoms. The van der Waals surface area contributed by atoms with Crippen molar-refractivity contribution in [2.75, 3.05) is 11.1 Å². The van der Waals surface area contributed by atoms with E-state index < -0.39 is 0 Å². The minimum atomic E-state index is 0.750. The first-order valence-electron chi connectivity index (χ1n) is 5.04. The van der Waals surface area contributed by atoms with E-state index in [1.54, 1.807) is 0 Å². The van der Waals surface area contributed by atoms with Gasteiger partial charge >= 0.3 is 0 Å². The van der Waals surface area contributed by atoms with Crippen LogP contribution < -0.4 is 11.1 Å². The van der Waals surface area contributed by atoms with Crippen molar-refractivity contribution in [2.45, 2.75) is 6.92 Å². The second kappa shape index (κ2) is 4.58. The van der Waals surface area contributed by atoms with Crippen LogP contribution in [0.5, 0.6) is 0 Å². The molecule has 0 amide bonds. The molecule has 0 heterocycles. The van der Waals surface area contributed by atoms with Crippen LogP contribution in [0.4, 0.5) is 17.1 Å². The van der Waals surface area contributed by atoms with Crippen LogP contribution in [-0.2, 0) is 0 Å². The number of para-hydroxylation sites is 2. The summed E-state index contributed by atoms with van der Waals surface area (Å²) in [5.74, 6) is 0. The highest BCUT2D eigenvalue weighted by molar-refractivity contribution is 9.10. The van der Waals surface area contributed by atoms with Gasteiger partial charge in [0.15, 0.2) is 0 Å². The lowest BCUT2D eigenvalue weighted by Gasteiger charge is -2.10. The molecular weight excluding hydrogens is 264 g/mol. The van der Waals surface area contributed by atoms with Gasteiger partial charge in [0.1, 0.15) is 0 Å². The first-order chi connectivity index (χ1) is 7.65. The lowest BCUT2D eigenvalue weighted by molar-refractivity contribution is 1.43. The molecule has 2 aromatic carbocycles. The number of hydrogen-bond acceptors (Lipinski definition) is 2. The van der Waals surface area contributed by atoms with Crippen LogP contribution in [0.25, 0.3) is 0 Å². The molecule has 0 spiro atoms. The van der Waals surface area contributed by atoms with Gasteiger partial charge in [-0.15, -0.1) is 0 Å². The molecule has 0 saturated carbocycles. The molecule has 0 radical (unpaired) electrons. The van der Waals surface area contributed by atoms with Gasteiger partial charge in [0, 0.05) is 10.2 Å². The number of rotatable bonds is 2. The van der Waals surface area contributed by atoms with Crippen LogP contribution in [0.3, 0.4) is 0 Å². The maximum atomic E-state index is 5.87. The van der Waals surface area contributed by atoms with Gasteiger partial charge in [-0.3, -0.25) is 0 Å². The third-order valence-corrected chi connectivity index (χ3v) is 2.74. The first-order valence-corrected chi connectivity index (χ1v) is 5.83. The zero-order valence-electron chi connectivity index (χ0n) is 9.00. The van der Waals surface area contributed by atoms with Crippen LogP contribution >= 0.6 is 15.9 Å². The number of nitrogens with two attached hydrogens (primary N) is 1. The van der Waals surface area contributed by atoms with Crippen molar-refractivity contribution in [1.29, 1.82) is 0 Å². The lowest BCUT2D eigenvalue weighted by Crippen LogP contribution is -1.96. The molecule has 0 aromatic heterocycles. The maximum Gasteiger partial charge on any atom is 0.0617 e. The molecule has 2 rings (SSSR count). The highest BCUT2D eigenvalue weighted by Gasteiger charge is 2.00. The normalized spacial score (nSPS) is 10.1. The average molecular weight is 277 g/mol. The van der Waals surface area contributed by atoms with Gasteiger partial charge in [-0.2, -0.15) is 0 Å². The Kier molecular flexibility index (Phi) is 3.15. The monoisotopic (exact) mass is 276 g/mol. The van der Waals surface area contributed by atoms with Crippen molar-refractivity contribution in [3.05, 3.63) is 52.5 Å². The molecule has 16 heavy (non-hydrogen) atoms. The Balaban J connectivity index is 2.30. The van der Waals surface area contributed by atoms with E-state index in [9.17, 15) is 0 Å². The molecule has 0 unspecified atom stereocenters. The summed E-state index contributed by atoms with van der Waals surface area (Å²) >= 11 is 3.47. The Labute approximate surface area is 104 Å². The highest BCUT2D eigenvalue weighted by Crippen LogP contribution is 2.25. The summed E-state index contributed by atoms with van der Waals surface area (Å²) in [5.41, 5.74) is 9.78. The molecule has 0 aliphatic heterocycles. The summed E-state index contributed by atoms with van der Waals surface area (Å²) in [5, 5.41) is 3.30. The average Bonchev–Trinajstić information content (AvgIpc) is 2.20. The van der Waals surface area contributed by atoms with E-state index in [-0.39, 0.29) is 0 Å². The van der Waals surface area contributed by atoms with Gasteiger partial charge < -0.3 is 11.1 Å². The predicted molar refractivity (Wildman–Crippen MR) is 73.0 cm³/mol. The van der Waals surface area contributed by atoms with E-state index in [4.69, 9.17) is 5.73 Å². The summed E-state index contributed by atoms with van der Waals surface area (Å²) in [6.45, 7) is 2.06. The predicted octanol–water partition coefficient (Wildman–Crippen LogP) is 4.08. The zero-order valence-corrected chi connectivity index (χ0v) is 10.6. The smallest absolute Gasteiger partial charge is 0.0617 e. The van der Waals surface area contributed by atoms with Crippen LogP contribution in [0.15, 0.2) is 46.9 Å². The Morgan fingerprint density at radius 3 is 2.56 bits per heavy atom. The largest absolute Gasteiger partial charge is 0.397 e. The fourth-order valence-corrected chi connectivity index (χ4v) is 2.18.